The monoisotopic (exact) mass is 334 g/mol. The van der Waals surface area contributed by atoms with Gasteiger partial charge in [-0.15, -0.1) is 0 Å². The predicted molar refractivity (Wildman–Crippen MR) is 111 cm³/mol. The minimum Gasteiger partial charge on any atom is -0.497 e. The molecule has 1 nitrogen and oxygen atoms in total. The third-order valence-corrected chi connectivity index (χ3v) is 5.15. The summed E-state index contributed by atoms with van der Waals surface area (Å²) in [5.41, 5.74) is 2.42. The fourth-order valence-corrected chi connectivity index (χ4v) is 3.79. The quantitative estimate of drug-likeness (QED) is 0.322. The molecular formula is C25H18O. The number of fused-ring (bicyclic) bond motifs is 5. The zero-order valence-electron chi connectivity index (χ0n) is 14.6. The van der Waals surface area contributed by atoms with Crippen LogP contribution >= 0.6 is 0 Å². The molecule has 0 heterocycles. The number of ether oxygens (including phenoxy) is 1. The molecular weight excluding hydrogens is 316 g/mol. The number of hydrogen-bond donors (Lipinski definition) is 0. The minimum atomic E-state index is 0.881. The molecule has 0 radical (unpaired) electrons. The van der Waals surface area contributed by atoms with Gasteiger partial charge in [-0.3, -0.25) is 0 Å². The van der Waals surface area contributed by atoms with Crippen LogP contribution in [-0.4, -0.2) is 7.11 Å². The van der Waals surface area contributed by atoms with Crippen LogP contribution in [0.5, 0.6) is 5.75 Å². The van der Waals surface area contributed by atoms with Crippen LogP contribution in [0.2, 0.25) is 0 Å². The molecule has 0 saturated carbocycles. The lowest BCUT2D eigenvalue weighted by Crippen LogP contribution is -1.85. The Balaban J connectivity index is 1.83. The van der Waals surface area contributed by atoms with E-state index in [9.17, 15) is 0 Å². The topological polar surface area (TPSA) is 9.23 Å². The second-order valence-corrected chi connectivity index (χ2v) is 6.61. The zero-order chi connectivity index (χ0) is 17.5. The Morgan fingerprint density at radius 1 is 0.538 bits per heavy atom. The van der Waals surface area contributed by atoms with Crippen LogP contribution in [0.25, 0.3) is 43.4 Å². The Morgan fingerprint density at radius 3 is 1.92 bits per heavy atom. The average molecular weight is 334 g/mol. The summed E-state index contributed by atoms with van der Waals surface area (Å²) in [4.78, 5) is 0. The average Bonchev–Trinajstić information content (AvgIpc) is 2.73. The molecule has 0 spiro atoms. The lowest BCUT2D eigenvalue weighted by molar-refractivity contribution is 0.415. The van der Waals surface area contributed by atoms with Crippen LogP contribution in [0.15, 0.2) is 91.0 Å². The van der Waals surface area contributed by atoms with E-state index in [1.807, 2.05) is 12.1 Å². The second kappa shape index (κ2) is 5.89. The maximum absolute atomic E-state index is 5.28. The lowest BCUT2D eigenvalue weighted by Gasteiger charge is -2.10. The minimum absolute atomic E-state index is 0.881. The van der Waals surface area contributed by atoms with Crippen molar-refractivity contribution in [3.63, 3.8) is 0 Å². The van der Waals surface area contributed by atoms with Crippen molar-refractivity contribution in [2.24, 2.45) is 0 Å². The summed E-state index contributed by atoms with van der Waals surface area (Å²) in [6, 6.07) is 32.5. The van der Waals surface area contributed by atoms with Crippen molar-refractivity contribution < 1.29 is 4.74 Å². The molecule has 5 rings (SSSR count). The van der Waals surface area contributed by atoms with E-state index in [4.69, 9.17) is 4.74 Å². The molecule has 5 aromatic rings. The molecule has 0 unspecified atom stereocenters. The van der Waals surface area contributed by atoms with Crippen molar-refractivity contribution in [1.82, 2.24) is 0 Å². The molecule has 0 aliphatic carbocycles. The van der Waals surface area contributed by atoms with E-state index in [2.05, 4.69) is 78.9 Å². The van der Waals surface area contributed by atoms with Crippen LogP contribution in [0.1, 0.15) is 0 Å². The molecule has 0 saturated heterocycles. The van der Waals surface area contributed by atoms with Gasteiger partial charge in [0.1, 0.15) is 5.75 Å². The summed E-state index contributed by atoms with van der Waals surface area (Å²) < 4.78 is 5.28. The van der Waals surface area contributed by atoms with Crippen LogP contribution in [0.4, 0.5) is 0 Å². The van der Waals surface area contributed by atoms with Gasteiger partial charge < -0.3 is 4.74 Å². The van der Waals surface area contributed by atoms with E-state index in [-0.39, 0.29) is 0 Å². The largest absolute Gasteiger partial charge is 0.497 e. The van der Waals surface area contributed by atoms with Crippen LogP contribution in [0, 0.1) is 0 Å². The molecule has 0 atom stereocenters. The summed E-state index contributed by atoms with van der Waals surface area (Å²) in [6.07, 6.45) is 0. The molecule has 0 bridgehead atoms. The number of methoxy groups -OCH3 is 1. The van der Waals surface area contributed by atoms with Crippen molar-refractivity contribution in [3.05, 3.63) is 91.0 Å². The molecule has 0 N–H and O–H groups in total. The molecule has 1 heteroatoms. The van der Waals surface area contributed by atoms with Crippen molar-refractivity contribution in [2.75, 3.05) is 7.11 Å². The van der Waals surface area contributed by atoms with E-state index >= 15 is 0 Å². The highest BCUT2D eigenvalue weighted by atomic mass is 16.5. The Bertz CT molecular complexity index is 1240. The van der Waals surface area contributed by atoms with Gasteiger partial charge in [-0.25, -0.2) is 0 Å². The Labute approximate surface area is 152 Å². The Hall–Kier alpha value is -3.32. The maximum Gasteiger partial charge on any atom is 0.118 e. The van der Waals surface area contributed by atoms with Crippen LogP contribution < -0.4 is 4.74 Å². The van der Waals surface area contributed by atoms with Gasteiger partial charge in [-0.2, -0.15) is 0 Å². The van der Waals surface area contributed by atoms with Crippen molar-refractivity contribution in [1.29, 1.82) is 0 Å². The first-order valence-corrected chi connectivity index (χ1v) is 8.82. The molecule has 0 aliphatic rings. The smallest absolute Gasteiger partial charge is 0.118 e. The highest BCUT2D eigenvalue weighted by Crippen LogP contribution is 2.34. The van der Waals surface area contributed by atoms with Crippen molar-refractivity contribution >= 4 is 32.3 Å². The first kappa shape index (κ1) is 15.0. The molecule has 0 amide bonds. The highest BCUT2D eigenvalue weighted by Gasteiger charge is 2.07. The first-order valence-electron chi connectivity index (χ1n) is 8.82. The second-order valence-electron chi connectivity index (χ2n) is 6.61. The molecule has 5 aromatic carbocycles. The SMILES string of the molecule is COc1ccc(-c2ccc3ccc4ccc5ccccc5c4c3c2)cc1. The zero-order valence-corrected chi connectivity index (χ0v) is 14.6. The standard InChI is InChI=1S/C25H18O/c1-26-22-14-12-17(13-15-22)21-11-8-19-7-10-20-9-6-18-4-2-3-5-23(18)25(20)24(19)16-21/h2-16H,1H3. The number of rotatable bonds is 2. The van der Waals surface area contributed by atoms with Gasteiger partial charge in [0.25, 0.3) is 0 Å². The van der Waals surface area contributed by atoms with E-state index in [1.165, 1.54) is 43.4 Å². The number of hydrogen-bond acceptors (Lipinski definition) is 1. The van der Waals surface area contributed by atoms with Crippen molar-refractivity contribution in [3.8, 4) is 16.9 Å². The summed E-state index contributed by atoms with van der Waals surface area (Å²) >= 11 is 0. The summed E-state index contributed by atoms with van der Waals surface area (Å²) in [7, 11) is 1.70. The summed E-state index contributed by atoms with van der Waals surface area (Å²) in [5.74, 6) is 0.881. The molecule has 124 valence electrons. The summed E-state index contributed by atoms with van der Waals surface area (Å²) in [5, 5.41) is 7.77. The fraction of sp³-hybridized carbons (Fsp3) is 0.0400. The molecule has 0 fully saturated rings. The summed E-state index contributed by atoms with van der Waals surface area (Å²) in [6.45, 7) is 0. The van der Waals surface area contributed by atoms with Gasteiger partial charge in [0, 0.05) is 0 Å². The normalized spacial score (nSPS) is 11.3. The fourth-order valence-electron chi connectivity index (χ4n) is 3.79. The predicted octanol–water partition coefficient (Wildman–Crippen LogP) is 6.82. The van der Waals surface area contributed by atoms with Gasteiger partial charge in [-0.05, 0) is 61.6 Å². The van der Waals surface area contributed by atoms with Gasteiger partial charge in [0.15, 0.2) is 0 Å². The van der Waals surface area contributed by atoms with Crippen LogP contribution in [-0.2, 0) is 0 Å². The molecule has 26 heavy (non-hydrogen) atoms. The van der Waals surface area contributed by atoms with Crippen molar-refractivity contribution in [2.45, 2.75) is 0 Å². The Morgan fingerprint density at radius 2 is 1.15 bits per heavy atom. The van der Waals surface area contributed by atoms with Gasteiger partial charge in [0.2, 0.25) is 0 Å². The van der Waals surface area contributed by atoms with Gasteiger partial charge >= 0.3 is 0 Å². The number of benzene rings is 5. The van der Waals surface area contributed by atoms with Gasteiger partial charge in [0.05, 0.1) is 7.11 Å². The van der Waals surface area contributed by atoms with E-state index in [1.54, 1.807) is 7.11 Å². The molecule has 0 aliphatic heterocycles. The lowest BCUT2D eigenvalue weighted by atomic mass is 9.94. The van der Waals surface area contributed by atoms with E-state index < -0.39 is 0 Å². The first-order chi connectivity index (χ1) is 12.8. The highest BCUT2D eigenvalue weighted by molar-refractivity contribution is 6.20. The van der Waals surface area contributed by atoms with Gasteiger partial charge in [-0.1, -0.05) is 72.8 Å². The van der Waals surface area contributed by atoms with E-state index in [0.717, 1.165) is 5.75 Å². The van der Waals surface area contributed by atoms with E-state index in [0.29, 0.717) is 0 Å². The maximum atomic E-state index is 5.28. The Kier molecular flexibility index (Phi) is 3.39. The third-order valence-electron chi connectivity index (χ3n) is 5.15. The third kappa shape index (κ3) is 2.33. The molecule has 0 aromatic heterocycles. The van der Waals surface area contributed by atoms with Crippen LogP contribution in [0.3, 0.4) is 0 Å².